The van der Waals surface area contributed by atoms with E-state index in [-0.39, 0.29) is 28.6 Å². The fraction of sp³-hybridized carbons (Fsp3) is 0.550. The van der Waals surface area contributed by atoms with E-state index < -0.39 is 9.84 Å². The van der Waals surface area contributed by atoms with Gasteiger partial charge < -0.3 is 9.88 Å². The Balaban J connectivity index is 1.36. The highest BCUT2D eigenvalue weighted by Crippen LogP contribution is 2.28. The molecule has 1 aromatic heterocycles. The molecular weight excluding hydrogens is 408 g/mol. The summed E-state index contributed by atoms with van der Waals surface area (Å²) in [6.45, 7) is 1.85. The first-order valence-electron chi connectivity index (χ1n) is 9.99. The number of aromatic nitrogens is 3. The summed E-state index contributed by atoms with van der Waals surface area (Å²) in [5.41, 5.74) is 3.55. The van der Waals surface area contributed by atoms with E-state index in [1.165, 1.54) is 29.3 Å². The van der Waals surface area contributed by atoms with Crippen LogP contribution in [0.1, 0.15) is 36.7 Å². The van der Waals surface area contributed by atoms with Crippen molar-refractivity contribution in [3.05, 3.63) is 35.2 Å². The highest BCUT2D eigenvalue weighted by Gasteiger charge is 2.29. The van der Waals surface area contributed by atoms with Gasteiger partial charge in [0.25, 0.3) is 0 Å². The number of amides is 1. The third kappa shape index (κ3) is 4.66. The average molecular weight is 435 g/mol. The predicted molar refractivity (Wildman–Crippen MR) is 114 cm³/mol. The molecule has 1 fully saturated rings. The maximum absolute atomic E-state index is 12.6. The number of thioether (sulfide) groups is 1. The molecule has 1 aromatic carbocycles. The van der Waals surface area contributed by atoms with Gasteiger partial charge in [-0.25, -0.2) is 8.42 Å². The number of anilines is 1. The smallest absolute Gasteiger partial charge is 0.237 e. The number of hydrogen-bond acceptors (Lipinski definition) is 6. The molecule has 1 saturated heterocycles. The van der Waals surface area contributed by atoms with Gasteiger partial charge in [-0.15, -0.1) is 10.2 Å². The van der Waals surface area contributed by atoms with Gasteiger partial charge in [-0.3, -0.25) is 4.79 Å². The molecule has 0 spiro atoms. The van der Waals surface area contributed by atoms with Crippen molar-refractivity contribution in [2.45, 2.75) is 49.4 Å². The molecular formula is C20H26N4O3S2. The third-order valence-corrected chi connectivity index (χ3v) is 8.71. The second-order valence-electron chi connectivity index (χ2n) is 8.02. The lowest BCUT2D eigenvalue weighted by Crippen LogP contribution is -2.23. The van der Waals surface area contributed by atoms with Crippen molar-refractivity contribution < 1.29 is 13.2 Å². The topological polar surface area (TPSA) is 93.9 Å². The van der Waals surface area contributed by atoms with Crippen LogP contribution in [0.15, 0.2) is 23.4 Å². The Hall–Kier alpha value is -1.87. The molecule has 2 aromatic rings. The van der Waals surface area contributed by atoms with E-state index in [1.807, 2.05) is 24.6 Å². The number of aryl methyl sites for hydroxylation is 2. The number of benzene rings is 1. The molecule has 7 nitrogen and oxygen atoms in total. The minimum absolute atomic E-state index is 0.0700. The monoisotopic (exact) mass is 434 g/mol. The average Bonchev–Trinajstić information content (AvgIpc) is 3.36. The van der Waals surface area contributed by atoms with Crippen LogP contribution in [0.3, 0.4) is 0 Å². The largest absolute Gasteiger partial charge is 0.325 e. The van der Waals surface area contributed by atoms with Gasteiger partial charge in [0.15, 0.2) is 15.0 Å². The first kappa shape index (κ1) is 20.4. The van der Waals surface area contributed by atoms with Crippen LogP contribution in [0.4, 0.5) is 5.69 Å². The van der Waals surface area contributed by atoms with Crippen molar-refractivity contribution in [3.63, 3.8) is 0 Å². The second kappa shape index (κ2) is 8.10. The summed E-state index contributed by atoms with van der Waals surface area (Å²) in [7, 11) is -1.03. The van der Waals surface area contributed by atoms with E-state index in [4.69, 9.17) is 0 Å². The highest BCUT2D eigenvalue weighted by atomic mass is 32.2. The minimum atomic E-state index is -2.90. The van der Waals surface area contributed by atoms with Gasteiger partial charge in [0, 0.05) is 19.2 Å². The number of sulfone groups is 1. The Bertz CT molecular complexity index is 1030. The van der Waals surface area contributed by atoms with E-state index >= 15 is 0 Å². The van der Waals surface area contributed by atoms with Crippen molar-refractivity contribution >= 4 is 33.2 Å². The SMILES string of the molecule is C[C@@H](Sc1nnc(C[C@H]2CCS(=O)(=O)C2)n1C)C(=O)Nc1ccc2c(c1)CCC2. The fourth-order valence-electron chi connectivity index (χ4n) is 4.02. The molecule has 1 aliphatic carbocycles. The summed E-state index contributed by atoms with van der Waals surface area (Å²) >= 11 is 1.36. The molecule has 0 saturated carbocycles. The first-order chi connectivity index (χ1) is 13.8. The number of nitrogens with zero attached hydrogens (tertiary/aromatic N) is 3. The van der Waals surface area contributed by atoms with Gasteiger partial charge >= 0.3 is 0 Å². The van der Waals surface area contributed by atoms with E-state index in [1.54, 1.807) is 0 Å². The summed E-state index contributed by atoms with van der Waals surface area (Å²) in [5, 5.41) is 11.8. The molecule has 2 atom stereocenters. The number of fused-ring (bicyclic) bond motifs is 1. The Morgan fingerprint density at radius 2 is 2.10 bits per heavy atom. The van der Waals surface area contributed by atoms with Gasteiger partial charge in [0.1, 0.15) is 5.82 Å². The first-order valence-corrected chi connectivity index (χ1v) is 12.7. The zero-order valence-corrected chi connectivity index (χ0v) is 18.4. The van der Waals surface area contributed by atoms with Crippen LogP contribution in [0.2, 0.25) is 0 Å². The van der Waals surface area contributed by atoms with Crippen LogP contribution < -0.4 is 5.32 Å². The molecule has 1 aliphatic heterocycles. The Labute approximate surface area is 175 Å². The lowest BCUT2D eigenvalue weighted by Gasteiger charge is -2.13. The van der Waals surface area contributed by atoms with Gasteiger partial charge in [-0.1, -0.05) is 17.8 Å². The highest BCUT2D eigenvalue weighted by molar-refractivity contribution is 8.00. The van der Waals surface area contributed by atoms with E-state index in [0.29, 0.717) is 18.0 Å². The van der Waals surface area contributed by atoms with E-state index in [0.717, 1.165) is 24.4 Å². The Morgan fingerprint density at radius 3 is 2.86 bits per heavy atom. The molecule has 4 rings (SSSR count). The molecule has 29 heavy (non-hydrogen) atoms. The Morgan fingerprint density at radius 1 is 1.31 bits per heavy atom. The van der Waals surface area contributed by atoms with Crippen molar-refractivity contribution in [3.8, 4) is 0 Å². The van der Waals surface area contributed by atoms with Crippen LogP contribution >= 0.6 is 11.8 Å². The minimum Gasteiger partial charge on any atom is -0.325 e. The summed E-state index contributed by atoms with van der Waals surface area (Å²) in [6.07, 6.45) is 4.65. The van der Waals surface area contributed by atoms with E-state index in [2.05, 4.69) is 27.6 Å². The van der Waals surface area contributed by atoms with Crippen molar-refractivity contribution in [1.82, 2.24) is 14.8 Å². The van der Waals surface area contributed by atoms with Crippen molar-refractivity contribution in [2.75, 3.05) is 16.8 Å². The van der Waals surface area contributed by atoms with Gasteiger partial charge in [-0.2, -0.15) is 0 Å². The molecule has 1 N–H and O–H groups in total. The van der Waals surface area contributed by atoms with Gasteiger partial charge in [0.2, 0.25) is 5.91 Å². The summed E-state index contributed by atoms with van der Waals surface area (Å²) in [6, 6.07) is 6.15. The maximum Gasteiger partial charge on any atom is 0.237 e. The molecule has 0 radical (unpaired) electrons. The zero-order valence-electron chi connectivity index (χ0n) is 16.7. The Kier molecular flexibility index (Phi) is 5.70. The van der Waals surface area contributed by atoms with Gasteiger partial charge in [-0.05, 0) is 61.8 Å². The fourth-order valence-corrected chi connectivity index (χ4v) is 6.72. The molecule has 2 aliphatic rings. The quantitative estimate of drug-likeness (QED) is 0.702. The predicted octanol–water partition coefficient (Wildman–Crippen LogP) is 2.40. The third-order valence-electron chi connectivity index (χ3n) is 5.74. The van der Waals surface area contributed by atoms with Crippen molar-refractivity contribution in [1.29, 1.82) is 0 Å². The summed E-state index contributed by atoms with van der Waals surface area (Å²) < 4.78 is 25.2. The number of rotatable bonds is 6. The van der Waals surface area contributed by atoms with Crippen LogP contribution in [-0.2, 0) is 40.9 Å². The lowest BCUT2D eigenvalue weighted by atomic mass is 10.1. The number of carbonyl (C=O) groups is 1. The zero-order chi connectivity index (χ0) is 20.6. The number of hydrogen-bond donors (Lipinski definition) is 1. The molecule has 9 heteroatoms. The van der Waals surface area contributed by atoms with Crippen LogP contribution in [0, 0.1) is 5.92 Å². The van der Waals surface area contributed by atoms with Crippen LogP contribution in [-0.4, -0.2) is 45.8 Å². The molecule has 1 amide bonds. The second-order valence-corrected chi connectivity index (χ2v) is 11.6. The van der Waals surface area contributed by atoms with Crippen LogP contribution in [0.5, 0.6) is 0 Å². The van der Waals surface area contributed by atoms with Crippen LogP contribution in [0.25, 0.3) is 0 Å². The van der Waals surface area contributed by atoms with E-state index in [9.17, 15) is 13.2 Å². The molecule has 0 unspecified atom stereocenters. The number of nitrogens with one attached hydrogen (secondary N) is 1. The van der Waals surface area contributed by atoms with Crippen molar-refractivity contribution in [2.24, 2.45) is 13.0 Å². The maximum atomic E-state index is 12.6. The molecule has 156 valence electrons. The summed E-state index contributed by atoms with van der Waals surface area (Å²) in [5.74, 6) is 1.28. The van der Waals surface area contributed by atoms with Gasteiger partial charge in [0.05, 0.1) is 16.8 Å². The summed E-state index contributed by atoms with van der Waals surface area (Å²) in [4.78, 5) is 12.6. The number of carbonyl (C=O) groups excluding carboxylic acids is 1. The molecule has 2 heterocycles. The normalized spacial score (nSPS) is 21.1. The standard InChI is InChI=1S/C20H26N4O3S2/c1-13(19(25)21-17-7-6-15-4-3-5-16(15)11-17)28-20-23-22-18(24(20)2)10-14-8-9-29(26,27)12-14/h6-7,11,13-14H,3-5,8-10,12H2,1-2H3,(H,21,25)/t13-,14-/m1/s1. The lowest BCUT2D eigenvalue weighted by molar-refractivity contribution is -0.115. The molecule has 0 bridgehead atoms.